The van der Waals surface area contributed by atoms with Gasteiger partial charge in [0.2, 0.25) is 5.96 Å². The molecule has 1 aromatic carbocycles. The highest BCUT2D eigenvalue weighted by molar-refractivity contribution is 6.29. The Bertz CT molecular complexity index is 438. The first-order valence-electron chi connectivity index (χ1n) is 4.86. The Balaban J connectivity index is 2.90. The molecule has 90 valence electrons. The lowest BCUT2D eigenvalue weighted by Crippen LogP contribution is -2.20. The van der Waals surface area contributed by atoms with Crippen molar-refractivity contribution in [3.05, 3.63) is 42.7 Å². The number of aliphatic imine (C=N–C) groups is 2. The van der Waals surface area contributed by atoms with Gasteiger partial charge in [0, 0.05) is 5.69 Å². The van der Waals surface area contributed by atoms with Gasteiger partial charge in [0.1, 0.15) is 11.7 Å². The predicted molar refractivity (Wildman–Crippen MR) is 73.2 cm³/mol. The zero-order valence-electron chi connectivity index (χ0n) is 9.23. The van der Waals surface area contributed by atoms with Crippen molar-refractivity contribution in [3.8, 4) is 0 Å². The number of nitrogens with one attached hydrogen (secondary N) is 1. The molecule has 0 unspecified atom stereocenters. The first-order valence-corrected chi connectivity index (χ1v) is 5.39. The maximum atomic E-state index is 5.54. The van der Waals surface area contributed by atoms with Crippen molar-refractivity contribution in [2.24, 2.45) is 21.5 Å². The van der Waals surface area contributed by atoms with Gasteiger partial charge in [-0.3, -0.25) is 0 Å². The molecule has 0 amide bonds. The molecule has 0 heterocycles. The van der Waals surface area contributed by atoms with Crippen molar-refractivity contribution in [3.63, 3.8) is 0 Å². The maximum absolute atomic E-state index is 5.54. The SMILES string of the molecule is C=C(N)N=C(N=C(N)CCl)Nc1ccccc1. The highest BCUT2D eigenvalue weighted by atomic mass is 35.5. The van der Waals surface area contributed by atoms with Gasteiger partial charge < -0.3 is 16.8 Å². The van der Waals surface area contributed by atoms with Crippen LogP contribution in [0, 0.1) is 0 Å². The lowest BCUT2D eigenvalue weighted by Gasteiger charge is -2.06. The third-order valence-electron chi connectivity index (χ3n) is 1.67. The Kier molecular flexibility index (Phi) is 5.03. The zero-order chi connectivity index (χ0) is 12.7. The molecule has 0 aliphatic carbocycles. The molecule has 5 nitrogen and oxygen atoms in total. The summed E-state index contributed by atoms with van der Waals surface area (Å²) in [5.74, 6) is 0.749. The van der Waals surface area contributed by atoms with Gasteiger partial charge in [-0.25, -0.2) is 0 Å². The summed E-state index contributed by atoms with van der Waals surface area (Å²) in [6, 6.07) is 9.39. The standard InChI is InChI=1S/C11H14ClN5/c1-8(13)15-11(17-10(14)7-12)16-9-5-3-2-4-6-9/h2-6H,1,7,13H2,(H3,14,15,16,17). The topological polar surface area (TPSA) is 88.8 Å². The Hall–Kier alpha value is -2.01. The monoisotopic (exact) mass is 251 g/mol. The molecule has 0 aromatic heterocycles. The summed E-state index contributed by atoms with van der Waals surface area (Å²) in [4.78, 5) is 7.91. The fourth-order valence-electron chi connectivity index (χ4n) is 1.03. The number of alkyl halides is 1. The summed E-state index contributed by atoms with van der Waals surface area (Å²) in [7, 11) is 0. The summed E-state index contributed by atoms with van der Waals surface area (Å²) in [5.41, 5.74) is 11.7. The number of hydrogen-bond acceptors (Lipinski definition) is 2. The van der Waals surface area contributed by atoms with Crippen LogP contribution in [0.5, 0.6) is 0 Å². The number of anilines is 1. The van der Waals surface area contributed by atoms with E-state index in [0.29, 0.717) is 0 Å². The Labute approximate surface area is 105 Å². The molecule has 0 saturated carbocycles. The van der Waals surface area contributed by atoms with Crippen LogP contribution >= 0.6 is 11.6 Å². The second-order valence-electron chi connectivity index (χ2n) is 3.15. The van der Waals surface area contributed by atoms with Crippen molar-refractivity contribution >= 4 is 29.1 Å². The Morgan fingerprint density at radius 2 is 1.88 bits per heavy atom. The molecular weight excluding hydrogens is 238 g/mol. The van der Waals surface area contributed by atoms with E-state index >= 15 is 0 Å². The number of halogens is 1. The van der Waals surface area contributed by atoms with E-state index in [-0.39, 0.29) is 23.5 Å². The number of guanidine groups is 1. The smallest absolute Gasteiger partial charge is 0.230 e. The normalized spacial score (nSPS) is 12.3. The van der Waals surface area contributed by atoms with Crippen molar-refractivity contribution in [1.82, 2.24) is 0 Å². The molecule has 0 bridgehead atoms. The second kappa shape index (κ2) is 6.55. The fourth-order valence-corrected chi connectivity index (χ4v) is 1.09. The minimum atomic E-state index is 0.118. The second-order valence-corrected chi connectivity index (χ2v) is 3.42. The fraction of sp³-hybridized carbons (Fsp3) is 0.0909. The summed E-state index contributed by atoms with van der Waals surface area (Å²) in [6.45, 7) is 3.48. The van der Waals surface area contributed by atoms with Gasteiger partial charge in [0.25, 0.3) is 0 Å². The largest absolute Gasteiger partial charge is 0.386 e. The van der Waals surface area contributed by atoms with Gasteiger partial charge in [-0.1, -0.05) is 24.8 Å². The molecule has 0 fully saturated rings. The van der Waals surface area contributed by atoms with Crippen LogP contribution < -0.4 is 16.8 Å². The van der Waals surface area contributed by atoms with Gasteiger partial charge in [-0.2, -0.15) is 9.98 Å². The molecule has 0 atom stereocenters. The van der Waals surface area contributed by atoms with Crippen LogP contribution in [0.1, 0.15) is 0 Å². The van der Waals surface area contributed by atoms with E-state index in [0.717, 1.165) is 5.69 Å². The van der Waals surface area contributed by atoms with E-state index in [4.69, 9.17) is 23.1 Å². The first-order chi connectivity index (χ1) is 8.11. The Morgan fingerprint density at radius 1 is 1.24 bits per heavy atom. The lowest BCUT2D eigenvalue weighted by molar-refractivity contribution is 1.24. The van der Waals surface area contributed by atoms with Crippen LogP contribution in [0.25, 0.3) is 0 Å². The average molecular weight is 252 g/mol. The van der Waals surface area contributed by atoms with Crippen LogP contribution in [0.2, 0.25) is 0 Å². The van der Waals surface area contributed by atoms with E-state index in [1.807, 2.05) is 30.3 Å². The quantitative estimate of drug-likeness (QED) is 0.432. The molecule has 1 aromatic rings. The number of nitrogens with zero attached hydrogens (tertiary/aromatic N) is 2. The summed E-state index contributed by atoms with van der Waals surface area (Å²) in [6.07, 6.45) is 0. The number of para-hydroxylation sites is 1. The molecule has 6 heteroatoms. The zero-order valence-corrected chi connectivity index (χ0v) is 9.98. The summed E-state index contributed by atoms with van der Waals surface area (Å²) < 4.78 is 0. The molecule has 0 spiro atoms. The number of benzene rings is 1. The van der Waals surface area contributed by atoms with E-state index in [1.54, 1.807) is 0 Å². The third-order valence-corrected chi connectivity index (χ3v) is 1.94. The van der Waals surface area contributed by atoms with Crippen molar-refractivity contribution < 1.29 is 0 Å². The summed E-state index contributed by atoms with van der Waals surface area (Å²) >= 11 is 5.54. The molecule has 5 N–H and O–H groups in total. The van der Waals surface area contributed by atoms with Crippen LogP contribution in [-0.4, -0.2) is 17.7 Å². The maximum Gasteiger partial charge on any atom is 0.230 e. The number of amidine groups is 1. The predicted octanol–water partition coefficient (Wildman–Crippen LogP) is 1.48. The van der Waals surface area contributed by atoms with Gasteiger partial charge in [-0.15, -0.1) is 11.6 Å². The first kappa shape index (κ1) is 13.1. The van der Waals surface area contributed by atoms with Crippen LogP contribution in [-0.2, 0) is 0 Å². The van der Waals surface area contributed by atoms with E-state index in [1.165, 1.54) is 0 Å². The molecule has 17 heavy (non-hydrogen) atoms. The number of rotatable bonds is 3. The Morgan fingerprint density at radius 3 is 2.41 bits per heavy atom. The van der Waals surface area contributed by atoms with Crippen molar-refractivity contribution in [1.29, 1.82) is 0 Å². The van der Waals surface area contributed by atoms with Crippen LogP contribution in [0.4, 0.5) is 5.69 Å². The minimum absolute atomic E-state index is 0.118. The summed E-state index contributed by atoms with van der Waals surface area (Å²) in [5, 5.41) is 2.96. The van der Waals surface area contributed by atoms with Crippen LogP contribution in [0.3, 0.4) is 0 Å². The average Bonchev–Trinajstić information content (AvgIpc) is 2.29. The minimum Gasteiger partial charge on any atom is -0.386 e. The molecule has 0 aliphatic heterocycles. The van der Waals surface area contributed by atoms with Gasteiger partial charge in [0.15, 0.2) is 0 Å². The van der Waals surface area contributed by atoms with Crippen LogP contribution in [0.15, 0.2) is 52.7 Å². The van der Waals surface area contributed by atoms with Crippen molar-refractivity contribution in [2.75, 3.05) is 11.2 Å². The van der Waals surface area contributed by atoms with Gasteiger partial charge in [0.05, 0.1) is 5.88 Å². The highest BCUT2D eigenvalue weighted by Crippen LogP contribution is 2.05. The third kappa shape index (κ3) is 5.03. The highest BCUT2D eigenvalue weighted by Gasteiger charge is 1.99. The van der Waals surface area contributed by atoms with E-state index in [2.05, 4.69) is 21.9 Å². The van der Waals surface area contributed by atoms with Gasteiger partial charge in [-0.05, 0) is 12.1 Å². The van der Waals surface area contributed by atoms with E-state index in [9.17, 15) is 0 Å². The van der Waals surface area contributed by atoms with E-state index < -0.39 is 0 Å². The molecule has 0 aliphatic rings. The number of nitrogens with two attached hydrogens (primary N) is 2. The van der Waals surface area contributed by atoms with Crippen molar-refractivity contribution in [2.45, 2.75) is 0 Å². The molecule has 0 radical (unpaired) electrons. The molecule has 1 rings (SSSR count). The number of hydrogen-bond donors (Lipinski definition) is 3. The van der Waals surface area contributed by atoms with Gasteiger partial charge >= 0.3 is 0 Å². The molecular formula is C11H14ClN5. The lowest BCUT2D eigenvalue weighted by atomic mass is 10.3. The molecule has 0 saturated heterocycles.